The molecule has 1 aliphatic heterocycles. The van der Waals surface area contributed by atoms with E-state index in [9.17, 15) is 4.79 Å². The van der Waals surface area contributed by atoms with Gasteiger partial charge in [-0.2, -0.15) is 11.3 Å². The van der Waals surface area contributed by atoms with Gasteiger partial charge in [0.05, 0.1) is 17.3 Å². The van der Waals surface area contributed by atoms with Crippen LogP contribution in [0, 0.1) is 0 Å². The molecule has 4 nitrogen and oxygen atoms in total. The summed E-state index contributed by atoms with van der Waals surface area (Å²) < 4.78 is 0. The van der Waals surface area contributed by atoms with Crippen molar-refractivity contribution in [2.45, 2.75) is 24.0 Å². The molecule has 2 aromatic rings. The Labute approximate surface area is 136 Å². The van der Waals surface area contributed by atoms with Gasteiger partial charge in [0, 0.05) is 6.54 Å². The van der Waals surface area contributed by atoms with Crippen molar-refractivity contribution in [2.24, 2.45) is 0 Å². The first kappa shape index (κ1) is 14.8. The van der Waals surface area contributed by atoms with E-state index in [1.54, 1.807) is 11.3 Å². The van der Waals surface area contributed by atoms with Crippen LogP contribution in [0.25, 0.3) is 0 Å². The van der Waals surface area contributed by atoms with E-state index in [4.69, 9.17) is 11.6 Å². The number of hydrogen-bond acceptors (Lipinski definition) is 5. The van der Waals surface area contributed by atoms with Crippen molar-refractivity contribution < 1.29 is 4.79 Å². The first-order valence-corrected chi connectivity index (χ1v) is 9.15. The molecule has 1 fully saturated rings. The number of likely N-dealkylation sites (tertiary alicyclic amines) is 1. The standard InChI is InChI=1S/C14H14ClN3OS2/c1-20-14-16-7-10(15)12(17-14)13(19)18-5-2-3-11(18)9-4-6-21-8-9/h4,6-8,11H,2-3,5H2,1H3/t11-/m1/s1. The van der Waals surface area contributed by atoms with Gasteiger partial charge in [-0.1, -0.05) is 23.4 Å². The minimum Gasteiger partial charge on any atom is -0.330 e. The van der Waals surface area contributed by atoms with Crippen LogP contribution in [0.2, 0.25) is 5.02 Å². The third-order valence-electron chi connectivity index (χ3n) is 3.55. The molecule has 3 heterocycles. The summed E-state index contributed by atoms with van der Waals surface area (Å²) in [7, 11) is 0. The van der Waals surface area contributed by atoms with Gasteiger partial charge in [0.2, 0.25) is 0 Å². The highest BCUT2D eigenvalue weighted by Crippen LogP contribution is 2.34. The van der Waals surface area contributed by atoms with Crippen molar-refractivity contribution >= 4 is 40.6 Å². The minimum atomic E-state index is -0.105. The molecule has 0 spiro atoms. The second-order valence-electron chi connectivity index (χ2n) is 4.77. The molecule has 21 heavy (non-hydrogen) atoms. The Morgan fingerprint density at radius 3 is 3.14 bits per heavy atom. The molecule has 3 rings (SSSR count). The van der Waals surface area contributed by atoms with Gasteiger partial charge in [0.1, 0.15) is 0 Å². The second-order valence-corrected chi connectivity index (χ2v) is 6.73. The molecule has 0 unspecified atom stereocenters. The molecule has 1 aliphatic rings. The first-order chi connectivity index (χ1) is 10.2. The molecule has 0 radical (unpaired) electrons. The van der Waals surface area contributed by atoms with Crippen LogP contribution < -0.4 is 0 Å². The first-order valence-electron chi connectivity index (χ1n) is 6.60. The summed E-state index contributed by atoms with van der Waals surface area (Å²) in [4.78, 5) is 23.0. The molecule has 1 amide bonds. The number of thioether (sulfide) groups is 1. The number of nitrogens with zero attached hydrogens (tertiary/aromatic N) is 3. The van der Waals surface area contributed by atoms with E-state index in [1.165, 1.54) is 23.5 Å². The third-order valence-corrected chi connectivity index (χ3v) is 5.09. The van der Waals surface area contributed by atoms with Crippen LogP contribution in [0.4, 0.5) is 0 Å². The average Bonchev–Trinajstić information content (AvgIpc) is 3.17. The smallest absolute Gasteiger partial charge is 0.274 e. The highest BCUT2D eigenvalue weighted by Gasteiger charge is 2.32. The zero-order valence-electron chi connectivity index (χ0n) is 11.5. The summed E-state index contributed by atoms with van der Waals surface area (Å²) in [6, 6.07) is 2.21. The lowest BCUT2D eigenvalue weighted by Gasteiger charge is -2.24. The third kappa shape index (κ3) is 2.93. The molecule has 1 atom stereocenters. The van der Waals surface area contributed by atoms with E-state index in [0.717, 1.165) is 19.4 Å². The maximum absolute atomic E-state index is 12.8. The number of halogens is 1. The van der Waals surface area contributed by atoms with E-state index in [1.807, 2.05) is 16.5 Å². The number of carbonyl (C=O) groups excluding carboxylic acids is 1. The summed E-state index contributed by atoms with van der Waals surface area (Å²) in [5, 5.41) is 5.02. The van der Waals surface area contributed by atoms with E-state index in [2.05, 4.69) is 21.4 Å². The Balaban J connectivity index is 1.91. The van der Waals surface area contributed by atoms with E-state index >= 15 is 0 Å². The van der Waals surface area contributed by atoms with E-state index < -0.39 is 0 Å². The van der Waals surface area contributed by atoms with Gasteiger partial charge in [0.15, 0.2) is 10.9 Å². The fraction of sp³-hybridized carbons (Fsp3) is 0.357. The van der Waals surface area contributed by atoms with Crippen LogP contribution in [0.15, 0.2) is 28.2 Å². The van der Waals surface area contributed by atoms with Crippen LogP contribution in [0.3, 0.4) is 0 Å². The fourth-order valence-corrected chi connectivity index (χ4v) is 3.78. The summed E-state index contributed by atoms with van der Waals surface area (Å²) in [6.45, 7) is 0.744. The lowest BCUT2D eigenvalue weighted by atomic mass is 10.1. The number of aromatic nitrogens is 2. The number of carbonyl (C=O) groups is 1. The lowest BCUT2D eigenvalue weighted by Crippen LogP contribution is -2.31. The maximum Gasteiger partial charge on any atom is 0.274 e. The number of hydrogen-bond donors (Lipinski definition) is 0. The zero-order valence-corrected chi connectivity index (χ0v) is 13.8. The predicted octanol–water partition coefficient (Wildman–Crippen LogP) is 3.89. The molecule has 0 bridgehead atoms. The summed E-state index contributed by atoms with van der Waals surface area (Å²) in [5.74, 6) is -0.105. The summed E-state index contributed by atoms with van der Waals surface area (Å²) >= 11 is 9.17. The molecule has 7 heteroatoms. The van der Waals surface area contributed by atoms with Gasteiger partial charge < -0.3 is 4.90 Å². The van der Waals surface area contributed by atoms with Gasteiger partial charge in [-0.25, -0.2) is 9.97 Å². The van der Waals surface area contributed by atoms with Crippen molar-refractivity contribution in [1.29, 1.82) is 0 Å². The normalized spacial score (nSPS) is 18.2. The molecule has 2 aromatic heterocycles. The van der Waals surface area contributed by atoms with Crippen LogP contribution in [0.1, 0.15) is 34.9 Å². The Morgan fingerprint density at radius 1 is 1.57 bits per heavy atom. The number of thiophene rings is 1. The van der Waals surface area contributed by atoms with E-state index in [-0.39, 0.29) is 11.9 Å². The Kier molecular flexibility index (Phi) is 4.47. The Hall–Kier alpha value is -1.11. The van der Waals surface area contributed by atoms with Gasteiger partial charge in [-0.3, -0.25) is 4.79 Å². The van der Waals surface area contributed by atoms with Crippen LogP contribution >= 0.6 is 34.7 Å². The summed E-state index contributed by atoms with van der Waals surface area (Å²) in [5.41, 5.74) is 1.50. The molecule has 0 saturated carbocycles. The lowest BCUT2D eigenvalue weighted by molar-refractivity contribution is 0.0729. The molecule has 0 aliphatic carbocycles. The van der Waals surface area contributed by atoms with Gasteiger partial charge in [0.25, 0.3) is 5.91 Å². The van der Waals surface area contributed by atoms with E-state index in [0.29, 0.717) is 15.9 Å². The predicted molar refractivity (Wildman–Crippen MR) is 86.2 cm³/mol. The summed E-state index contributed by atoms with van der Waals surface area (Å²) in [6.07, 6.45) is 5.37. The number of amides is 1. The molecular formula is C14H14ClN3OS2. The Morgan fingerprint density at radius 2 is 2.43 bits per heavy atom. The van der Waals surface area contributed by atoms with Gasteiger partial charge in [-0.15, -0.1) is 0 Å². The molecular weight excluding hydrogens is 326 g/mol. The van der Waals surface area contributed by atoms with Gasteiger partial charge >= 0.3 is 0 Å². The van der Waals surface area contributed by atoms with Crippen molar-refractivity contribution in [3.63, 3.8) is 0 Å². The average molecular weight is 340 g/mol. The largest absolute Gasteiger partial charge is 0.330 e. The van der Waals surface area contributed by atoms with Crippen molar-refractivity contribution in [1.82, 2.24) is 14.9 Å². The van der Waals surface area contributed by atoms with Gasteiger partial charge in [-0.05, 0) is 41.5 Å². The molecule has 1 saturated heterocycles. The van der Waals surface area contributed by atoms with Crippen LogP contribution in [-0.4, -0.2) is 33.6 Å². The molecule has 110 valence electrons. The zero-order chi connectivity index (χ0) is 14.8. The van der Waals surface area contributed by atoms with Crippen LogP contribution in [-0.2, 0) is 0 Å². The highest BCUT2D eigenvalue weighted by atomic mass is 35.5. The van der Waals surface area contributed by atoms with Crippen molar-refractivity contribution in [3.05, 3.63) is 39.3 Å². The number of rotatable bonds is 3. The fourth-order valence-electron chi connectivity index (χ4n) is 2.56. The molecule has 0 aromatic carbocycles. The minimum absolute atomic E-state index is 0.105. The second kappa shape index (κ2) is 6.34. The monoisotopic (exact) mass is 339 g/mol. The van der Waals surface area contributed by atoms with Crippen molar-refractivity contribution in [2.75, 3.05) is 12.8 Å². The topological polar surface area (TPSA) is 46.1 Å². The quantitative estimate of drug-likeness (QED) is 0.628. The van der Waals surface area contributed by atoms with Crippen molar-refractivity contribution in [3.8, 4) is 0 Å². The maximum atomic E-state index is 12.8. The molecule has 0 N–H and O–H groups in total. The SMILES string of the molecule is CSc1ncc(Cl)c(C(=O)N2CCC[C@@H]2c2ccsc2)n1. The highest BCUT2D eigenvalue weighted by molar-refractivity contribution is 7.98. The van der Waals surface area contributed by atoms with Crippen LogP contribution in [0.5, 0.6) is 0 Å². The Bertz CT molecular complexity index is 648.